The molecule has 3 nitrogen and oxygen atoms in total. The topological polar surface area (TPSA) is 46.3 Å². The summed E-state index contributed by atoms with van der Waals surface area (Å²) in [5.41, 5.74) is 7.02. The average molecular weight is 297 g/mol. The Balaban J connectivity index is 2.16. The molecule has 1 amide bonds. The van der Waals surface area contributed by atoms with E-state index in [1.807, 2.05) is 11.0 Å². The predicted octanol–water partition coefficient (Wildman–Crippen LogP) is 2.90. The molecule has 0 bridgehead atoms. The molecule has 0 spiro atoms. The van der Waals surface area contributed by atoms with Crippen molar-refractivity contribution in [2.75, 3.05) is 18.8 Å². The van der Waals surface area contributed by atoms with Crippen molar-refractivity contribution in [1.82, 2.24) is 4.90 Å². The summed E-state index contributed by atoms with van der Waals surface area (Å²) in [6, 6.07) is 5.36. The number of hydrogen-bond acceptors (Lipinski definition) is 2. The Morgan fingerprint density at radius 1 is 1.41 bits per heavy atom. The van der Waals surface area contributed by atoms with Crippen molar-refractivity contribution in [3.63, 3.8) is 0 Å². The summed E-state index contributed by atoms with van der Waals surface area (Å²) in [7, 11) is 0. The Morgan fingerprint density at radius 2 is 2.06 bits per heavy atom. The molecular weight excluding hydrogens is 280 g/mol. The van der Waals surface area contributed by atoms with Crippen LogP contribution in [0.25, 0.3) is 0 Å². The average Bonchev–Trinajstić information content (AvgIpc) is 2.32. The fourth-order valence-corrected chi connectivity index (χ4v) is 2.51. The summed E-state index contributed by atoms with van der Waals surface area (Å²) in [6.45, 7) is 3.93. The van der Waals surface area contributed by atoms with E-state index in [0.29, 0.717) is 11.3 Å². The minimum absolute atomic E-state index is 0.0797. The summed E-state index contributed by atoms with van der Waals surface area (Å²) >= 11 is 3.41. The molecule has 0 aromatic heterocycles. The van der Waals surface area contributed by atoms with E-state index in [2.05, 4.69) is 22.9 Å². The summed E-state index contributed by atoms with van der Waals surface area (Å²) in [4.78, 5) is 14.2. The largest absolute Gasteiger partial charge is 0.399 e. The number of nitrogen functional groups attached to an aromatic ring is 1. The van der Waals surface area contributed by atoms with Gasteiger partial charge in [0.1, 0.15) is 0 Å². The molecule has 0 unspecified atom stereocenters. The monoisotopic (exact) mass is 296 g/mol. The van der Waals surface area contributed by atoms with Gasteiger partial charge in [0.2, 0.25) is 0 Å². The highest BCUT2D eigenvalue weighted by Crippen LogP contribution is 2.24. The highest BCUT2D eigenvalue weighted by molar-refractivity contribution is 9.10. The zero-order valence-corrected chi connectivity index (χ0v) is 11.5. The molecule has 1 aromatic rings. The number of rotatable bonds is 1. The molecule has 0 saturated carbocycles. The van der Waals surface area contributed by atoms with Gasteiger partial charge >= 0.3 is 0 Å². The predicted molar refractivity (Wildman–Crippen MR) is 72.9 cm³/mol. The van der Waals surface area contributed by atoms with E-state index in [-0.39, 0.29) is 5.91 Å². The van der Waals surface area contributed by atoms with Gasteiger partial charge in [0, 0.05) is 23.2 Å². The van der Waals surface area contributed by atoms with E-state index in [0.717, 1.165) is 36.3 Å². The van der Waals surface area contributed by atoms with Crippen LogP contribution in [-0.2, 0) is 0 Å². The van der Waals surface area contributed by atoms with E-state index < -0.39 is 0 Å². The van der Waals surface area contributed by atoms with Crippen LogP contribution in [0.15, 0.2) is 22.7 Å². The Morgan fingerprint density at radius 3 is 2.71 bits per heavy atom. The summed E-state index contributed by atoms with van der Waals surface area (Å²) in [5, 5.41) is 0. The maximum Gasteiger partial charge on any atom is 0.255 e. The van der Waals surface area contributed by atoms with Crippen molar-refractivity contribution in [3.8, 4) is 0 Å². The summed E-state index contributed by atoms with van der Waals surface area (Å²) in [6.07, 6.45) is 2.18. The summed E-state index contributed by atoms with van der Waals surface area (Å²) < 4.78 is 0.815. The molecule has 92 valence electrons. The molecule has 4 heteroatoms. The van der Waals surface area contributed by atoms with E-state index in [1.54, 1.807) is 12.1 Å². The zero-order chi connectivity index (χ0) is 12.4. The number of nitrogens with two attached hydrogens (primary N) is 1. The lowest BCUT2D eigenvalue weighted by Crippen LogP contribution is -2.38. The van der Waals surface area contributed by atoms with Gasteiger partial charge in [-0.05, 0) is 52.9 Å². The van der Waals surface area contributed by atoms with Crippen LogP contribution < -0.4 is 5.73 Å². The Labute approximate surface area is 110 Å². The van der Waals surface area contributed by atoms with Gasteiger partial charge in [-0.15, -0.1) is 0 Å². The van der Waals surface area contributed by atoms with Crippen LogP contribution in [0.4, 0.5) is 5.69 Å². The van der Waals surface area contributed by atoms with Crippen LogP contribution >= 0.6 is 15.9 Å². The third-order valence-corrected chi connectivity index (χ3v) is 3.98. The molecule has 1 fully saturated rings. The maximum absolute atomic E-state index is 12.3. The summed E-state index contributed by atoms with van der Waals surface area (Å²) in [5.74, 6) is 0.805. The fraction of sp³-hybridized carbons (Fsp3) is 0.462. The van der Waals surface area contributed by atoms with Crippen molar-refractivity contribution in [1.29, 1.82) is 0 Å². The quantitative estimate of drug-likeness (QED) is 0.810. The SMILES string of the molecule is CC1CCN(C(=O)c2cc(N)ccc2Br)CC1. The van der Waals surface area contributed by atoms with Crippen molar-refractivity contribution in [3.05, 3.63) is 28.2 Å². The number of halogens is 1. The van der Waals surface area contributed by atoms with Gasteiger partial charge in [0.15, 0.2) is 0 Å². The number of anilines is 1. The van der Waals surface area contributed by atoms with Gasteiger partial charge in [-0.1, -0.05) is 6.92 Å². The van der Waals surface area contributed by atoms with Gasteiger partial charge < -0.3 is 10.6 Å². The number of carbonyl (C=O) groups excluding carboxylic acids is 1. The van der Waals surface area contributed by atoms with Crippen molar-refractivity contribution in [2.45, 2.75) is 19.8 Å². The number of nitrogens with zero attached hydrogens (tertiary/aromatic N) is 1. The van der Waals surface area contributed by atoms with E-state index >= 15 is 0 Å². The highest BCUT2D eigenvalue weighted by atomic mass is 79.9. The Bertz CT molecular complexity index is 425. The van der Waals surface area contributed by atoms with E-state index in [4.69, 9.17) is 5.73 Å². The van der Waals surface area contributed by atoms with Gasteiger partial charge in [0.05, 0.1) is 5.56 Å². The molecule has 1 saturated heterocycles. The standard InChI is InChI=1S/C13H17BrN2O/c1-9-4-6-16(7-5-9)13(17)11-8-10(15)2-3-12(11)14/h2-3,8-9H,4-7,15H2,1H3. The fourth-order valence-electron chi connectivity index (χ4n) is 2.09. The molecule has 1 aliphatic rings. The third kappa shape index (κ3) is 2.80. The molecule has 0 radical (unpaired) electrons. The highest BCUT2D eigenvalue weighted by Gasteiger charge is 2.22. The van der Waals surface area contributed by atoms with Crippen LogP contribution in [0, 0.1) is 5.92 Å². The minimum Gasteiger partial charge on any atom is -0.399 e. The van der Waals surface area contributed by atoms with Crippen LogP contribution in [-0.4, -0.2) is 23.9 Å². The second kappa shape index (κ2) is 5.08. The molecule has 2 rings (SSSR count). The first-order chi connectivity index (χ1) is 8.08. The molecule has 1 aromatic carbocycles. The van der Waals surface area contributed by atoms with Gasteiger partial charge in [-0.3, -0.25) is 4.79 Å². The van der Waals surface area contributed by atoms with E-state index in [1.165, 1.54) is 0 Å². The number of carbonyl (C=O) groups is 1. The van der Waals surface area contributed by atoms with Crippen molar-refractivity contribution in [2.24, 2.45) is 5.92 Å². The van der Waals surface area contributed by atoms with E-state index in [9.17, 15) is 4.79 Å². The molecule has 1 heterocycles. The first kappa shape index (κ1) is 12.4. The lowest BCUT2D eigenvalue weighted by Gasteiger charge is -2.30. The molecule has 17 heavy (non-hydrogen) atoms. The number of amides is 1. The van der Waals surface area contributed by atoms with Crippen LogP contribution in [0.3, 0.4) is 0 Å². The van der Waals surface area contributed by atoms with Gasteiger partial charge in [-0.2, -0.15) is 0 Å². The van der Waals surface area contributed by atoms with Crippen LogP contribution in [0.1, 0.15) is 30.1 Å². The molecule has 2 N–H and O–H groups in total. The molecule has 1 aliphatic heterocycles. The minimum atomic E-state index is 0.0797. The number of hydrogen-bond donors (Lipinski definition) is 1. The lowest BCUT2D eigenvalue weighted by molar-refractivity contribution is 0.0696. The second-order valence-electron chi connectivity index (χ2n) is 4.71. The molecule has 0 atom stereocenters. The lowest BCUT2D eigenvalue weighted by atomic mass is 9.98. The first-order valence-corrected chi connectivity index (χ1v) is 6.71. The maximum atomic E-state index is 12.3. The smallest absolute Gasteiger partial charge is 0.255 e. The number of benzene rings is 1. The van der Waals surface area contributed by atoms with Crippen molar-refractivity contribution >= 4 is 27.5 Å². The normalized spacial score (nSPS) is 17.2. The Kier molecular flexibility index (Phi) is 3.72. The van der Waals surface area contributed by atoms with Crippen LogP contribution in [0.2, 0.25) is 0 Å². The third-order valence-electron chi connectivity index (χ3n) is 3.29. The van der Waals surface area contributed by atoms with Gasteiger partial charge in [0.25, 0.3) is 5.91 Å². The molecular formula is C13H17BrN2O. The molecule has 0 aliphatic carbocycles. The van der Waals surface area contributed by atoms with Crippen LogP contribution in [0.5, 0.6) is 0 Å². The van der Waals surface area contributed by atoms with Crippen molar-refractivity contribution < 1.29 is 4.79 Å². The second-order valence-corrected chi connectivity index (χ2v) is 5.57. The van der Waals surface area contributed by atoms with Gasteiger partial charge in [-0.25, -0.2) is 0 Å². The Hall–Kier alpha value is -1.03. The number of likely N-dealkylation sites (tertiary alicyclic amines) is 1. The number of piperidine rings is 1. The first-order valence-electron chi connectivity index (χ1n) is 5.92. The zero-order valence-electron chi connectivity index (χ0n) is 9.95.